The number of hydrogen-bond acceptors (Lipinski definition) is 2. The Balaban J connectivity index is 2.03. The summed E-state index contributed by atoms with van der Waals surface area (Å²) in [4.78, 5) is 2.42. The van der Waals surface area contributed by atoms with Crippen molar-refractivity contribution in [2.75, 3.05) is 32.5 Å². The average molecular weight is 204 g/mol. The molecule has 0 aromatic heterocycles. The third-order valence-electron chi connectivity index (χ3n) is 3.39. The molecule has 0 bridgehead atoms. The Bertz CT molecular complexity index is 297. The van der Waals surface area contributed by atoms with E-state index in [-0.39, 0.29) is 0 Å². The van der Waals surface area contributed by atoms with Gasteiger partial charge in [0.2, 0.25) is 0 Å². The Kier molecular flexibility index (Phi) is 3.27. The number of nitrogens with zero attached hydrogens (tertiary/aromatic N) is 1. The summed E-state index contributed by atoms with van der Waals surface area (Å²) in [6, 6.07) is 8.88. The van der Waals surface area contributed by atoms with Crippen LogP contribution in [0.15, 0.2) is 24.3 Å². The number of benzene rings is 1. The highest BCUT2D eigenvalue weighted by Gasteiger charge is 2.17. The summed E-state index contributed by atoms with van der Waals surface area (Å²) in [7, 11) is 4.17. The van der Waals surface area contributed by atoms with E-state index in [1.54, 1.807) is 0 Å². The van der Waals surface area contributed by atoms with E-state index in [0.717, 1.165) is 5.92 Å². The Labute approximate surface area is 92.3 Å². The van der Waals surface area contributed by atoms with Crippen LogP contribution in [0.3, 0.4) is 0 Å². The number of rotatable bonds is 2. The first kappa shape index (κ1) is 10.5. The number of hydrogen-bond donors (Lipinski definition) is 1. The third-order valence-corrected chi connectivity index (χ3v) is 3.39. The van der Waals surface area contributed by atoms with E-state index >= 15 is 0 Å². The van der Waals surface area contributed by atoms with Crippen molar-refractivity contribution in [3.63, 3.8) is 0 Å². The second-order valence-corrected chi connectivity index (χ2v) is 4.45. The van der Waals surface area contributed by atoms with Crippen LogP contribution in [0.2, 0.25) is 0 Å². The molecule has 1 aromatic carbocycles. The third kappa shape index (κ3) is 2.51. The van der Waals surface area contributed by atoms with Crippen LogP contribution in [-0.2, 0) is 0 Å². The molecule has 0 saturated carbocycles. The van der Waals surface area contributed by atoms with Gasteiger partial charge in [0.1, 0.15) is 0 Å². The van der Waals surface area contributed by atoms with Gasteiger partial charge in [-0.15, -0.1) is 0 Å². The standard InChI is InChI=1S/C13H20N2/c1-14-13-5-3-11(4-6-13)12-7-9-15(2)10-8-12/h3-6,12,14H,7-10H2,1-2H3. The van der Waals surface area contributed by atoms with E-state index in [1.165, 1.54) is 37.2 Å². The molecule has 0 spiro atoms. The van der Waals surface area contributed by atoms with Crippen LogP contribution >= 0.6 is 0 Å². The molecule has 1 aliphatic heterocycles. The molecule has 2 nitrogen and oxygen atoms in total. The van der Waals surface area contributed by atoms with Crippen molar-refractivity contribution in [2.24, 2.45) is 0 Å². The zero-order valence-electron chi connectivity index (χ0n) is 9.66. The maximum absolute atomic E-state index is 3.16. The molecule has 0 aliphatic carbocycles. The fraction of sp³-hybridized carbons (Fsp3) is 0.538. The van der Waals surface area contributed by atoms with Gasteiger partial charge in [0, 0.05) is 12.7 Å². The zero-order chi connectivity index (χ0) is 10.7. The van der Waals surface area contributed by atoms with Crippen molar-refractivity contribution in [1.82, 2.24) is 4.90 Å². The van der Waals surface area contributed by atoms with Gasteiger partial charge in [0.15, 0.2) is 0 Å². The van der Waals surface area contributed by atoms with Gasteiger partial charge in [0.25, 0.3) is 0 Å². The van der Waals surface area contributed by atoms with Crippen LogP contribution in [0.4, 0.5) is 5.69 Å². The first-order valence-electron chi connectivity index (χ1n) is 5.76. The molecule has 1 N–H and O–H groups in total. The molecule has 82 valence electrons. The lowest BCUT2D eigenvalue weighted by Gasteiger charge is -2.29. The van der Waals surface area contributed by atoms with Gasteiger partial charge in [0.05, 0.1) is 0 Å². The lowest BCUT2D eigenvalue weighted by atomic mass is 9.89. The summed E-state index contributed by atoms with van der Waals surface area (Å²) >= 11 is 0. The van der Waals surface area contributed by atoms with Crippen molar-refractivity contribution in [3.05, 3.63) is 29.8 Å². The molecule has 1 aliphatic rings. The molecule has 2 rings (SSSR count). The van der Waals surface area contributed by atoms with Crippen molar-refractivity contribution in [1.29, 1.82) is 0 Å². The fourth-order valence-corrected chi connectivity index (χ4v) is 2.26. The molecule has 0 atom stereocenters. The molecule has 2 heteroatoms. The lowest BCUT2D eigenvalue weighted by Crippen LogP contribution is -2.29. The number of piperidine rings is 1. The van der Waals surface area contributed by atoms with Crippen LogP contribution in [-0.4, -0.2) is 32.1 Å². The average Bonchev–Trinajstić information content (AvgIpc) is 2.30. The quantitative estimate of drug-likeness (QED) is 0.796. The van der Waals surface area contributed by atoms with Gasteiger partial charge in [-0.1, -0.05) is 12.1 Å². The maximum Gasteiger partial charge on any atom is 0.0337 e. The fourth-order valence-electron chi connectivity index (χ4n) is 2.26. The van der Waals surface area contributed by atoms with E-state index in [4.69, 9.17) is 0 Å². The molecule has 1 aromatic rings. The van der Waals surface area contributed by atoms with Gasteiger partial charge >= 0.3 is 0 Å². The second-order valence-electron chi connectivity index (χ2n) is 4.45. The first-order chi connectivity index (χ1) is 7.29. The molecule has 0 radical (unpaired) electrons. The molecule has 1 fully saturated rings. The van der Waals surface area contributed by atoms with Gasteiger partial charge < -0.3 is 10.2 Å². The highest BCUT2D eigenvalue weighted by Crippen LogP contribution is 2.28. The normalized spacial score (nSPS) is 19.1. The van der Waals surface area contributed by atoms with Crippen molar-refractivity contribution in [3.8, 4) is 0 Å². The first-order valence-corrected chi connectivity index (χ1v) is 5.76. The highest BCUT2D eigenvalue weighted by molar-refractivity contribution is 5.44. The molecule has 1 saturated heterocycles. The van der Waals surface area contributed by atoms with E-state index in [0.29, 0.717) is 0 Å². The summed E-state index contributed by atoms with van der Waals surface area (Å²) in [6.07, 6.45) is 2.60. The summed E-state index contributed by atoms with van der Waals surface area (Å²) in [6.45, 7) is 2.47. The summed E-state index contributed by atoms with van der Waals surface area (Å²) in [5, 5.41) is 3.16. The molecular formula is C13H20N2. The molecule has 15 heavy (non-hydrogen) atoms. The molecule has 0 amide bonds. The van der Waals surface area contributed by atoms with Gasteiger partial charge in [-0.2, -0.15) is 0 Å². The predicted molar refractivity (Wildman–Crippen MR) is 65.5 cm³/mol. The van der Waals surface area contributed by atoms with Crippen LogP contribution in [0, 0.1) is 0 Å². The number of nitrogens with one attached hydrogen (secondary N) is 1. The second kappa shape index (κ2) is 4.67. The van der Waals surface area contributed by atoms with Crippen LogP contribution in [0.25, 0.3) is 0 Å². The Morgan fingerprint density at radius 2 is 1.73 bits per heavy atom. The van der Waals surface area contributed by atoms with Crippen LogP contribution < -0.4 is 5.32 Å². The summed E-state index contributed by atoms with van der Waals surface area (Å²) < 4.78 is 0. The zero-order valence-corrected chi connectivity index (χ0v) is 9.66. The van der Waals surface area contributed by atoms with Gasteiger partial charge in [-0.3, -0.25) is 0 Å². The van der Waals surface area contributed by atoms with Crippen LogP contribution in [0.1, 0.15) is 24.3 Å². The number of anilines is 1. The lowest BCUT2D eigenvalue weighted by molar-refractivity contribution is 0.255. The van der Waals surface area contributed by atoms with E-state index in [1.807, 2.05) is 7.05 Å². The highest BCUT2D eigenvalue weighted by atomic mass is 15.1. The number of likely N-dealkylation sites (tertiary alicyclic amines) is 1. The Morgan fingerprint density at radius 3 is 2.27 bits per heavy atom. The molecular weight excluding hydrogens is 184 g/mol. The van der Waals surface area contributed by atoms with Crippen molar-refractivity contribution >= 4 is 5.69 Å². The van der Waals surface area contributed by atoms with Gasteiger partial charge in [-0.25, -0.2) is 0 Å². The Morgan fingerprint density at radius 1 is 1.13 bits per heavy atom. The minimum absolute atomic E-state index is 0.770. The monoisotopic (exact) mass is 204 g/mol. The minimum Gasteiger partial charge on any atom is -0.388 e. The molecule has 0 unspecified atom stereocenters. The van der Waals surface area contributed by atoms with E-state index in [2.05, 4.69) is 41.5 Å². The predicted octanol–water partition coefficient (Wildman–Crippen LogP) is 2.54. The van der Waals surface area contributed by atoms with E-state index < -0.39 is 0 Å². The maximum atomic E-state index is 3.16. The molecule has 1 heterocycles. The smallest absolute Gasteiger partial charge is 0.0337 e. The van der Waals surface area contributed by atoms with Crippen LogP contribution in [0.5, 0.6) is 0 Å². The minimum atomic E-state index is 0.770. The van der Waals surface area contributed by atoms with E-state index in [9.17, 15) is 0 Å². The SMILES string of the molecule is CNc1ccc(C2CCN(C)CC2)cc1. The summed E-state index contributed by atoms with van der Waals surface area (Å²) in [5.41, 5.74) is 2.70. The Hall–Kier alpha value is -1.02. The largest absolute Gasteiger partial charge is 0.388 e. The van der Waals surface area contributed by atoms with Gasteiger partial charge in [-0.05, 0) is 56.6 Å². The van der Waals surface area contributed by atoms with Crippen molar-refractivity contribution < 1.29 is 0 Å². The summed E-state index contributed by atoms with van der Waals surface area (Å²) in [5.74, 6) is 0.770. The van der Waals surface area contributed by atoms with Crippen molar-refractivity contribution in [2.45, 2.75) is 18.8 Å². The topological polar surface area (TPSA) is 15.3 Å².